The van der Waals surface area contributed by atoms with Gasteiger partial charge in [-0.25, -0.2) is 0 Å². The molecule has 142 valence electrons. The summed E-state index contributed by atoms with van der Waals surface area (Å²) in [5, 5.41) is 10.4. The molecule has 0 spiro atoms. The van der Waals surface area contributed by atoms with Gasteiger partial charge in [0.2, 0.25) is 0 Å². The molecule has 0 saturated heterocycles. The van der Waals surface area contributed by atoms with Crippen molar-refractivity contribution in [2.24, 2.45) is 0 Å². The summed E-state index contributed by atoms with van der Waals surface area (Å²) in [6.07, 6.45) is 12.2. The first kappa shape index (κ1) is 21.0. The van der Waals surface area contributed by atoms with Crippen LogP contribution in [0.3, 0.4) is 0 Å². The molecule has 0 amide bonds. The van der Waals surface area contributed by atoms with Crippen LogP contribution in [0.1, 0.15) is 81.2 Å². The maximum atomic E-state index is 9.34. The summed E-state index contributed by atoms with van der Waals surface area (Å²) in [6.45, 7) is 4.48. The van der Waals surface area contributed by atoms with E-state index in [0.717, 1.165) is 22.8 Å². The third kappa shape index (κ3) is 5.86. The molecular formula is C22H31NOS2. The predicted molar refractivity (Wildman–Crippen MR) is 115 cm³/mol. The lowest BCUT2D eigenvalue weighted by atomic mass is 10.0. The smallest absolute Gasteiger partial charge is 0.177 e. The first-order valence-electron chi connectivity index (χ1n) is 9.93. The van der Waals surface area contributed by atoms with Crippen LogP contribution in [0.2, 0.25) is 0 Å². The number of thiophene rings is 2. The lowest BCUT2D eigenvalue weighted by molar-refractivity contribution is 0.421. The average Bonchev–Trinajstić information content (AvgIpc) is 3.26. The molecule has 0 fully saturated rings. The second-order valence-electron chi connectivity index (χ2n) is 6.83. The second kappa shape index (κ2) is 11.4. The van der Waals surface area contributed by atoms with E-state index in [1.807, 2.05) is 0 Å². The number of methoxy groups -OCH3 is 1. The number of ether oxygens (including phenoxy) is 1. The third-order valence-electron chi connectivity index (χ3n) is 4.70. The van der Waals surface area contributed by atoms with E-state index >= 15 is 0 Å². The number of nitriles is 1. The van der Waals surface area contributed by atoms with Crippen molar-refractivity contribution in [3.8, 4) is 20.9 Å². The van der Waals surface area contributed by atoms with Crippen molar-refractivity contribution >= 4 is 22.7 Å². The molecule has 2 nitrogen and oxygen atoms in total. The quantitative estimate of drug-likeness (QED) is 0.350. The number of unbranched alkanes of at least 4 members (excludes halogenated alkanes) is 6. The molecule has 0 aromatic carbocycles. The van der Waals surface area contributed by atoms with Crippen molar-refractivity contribution in [2.75, 3.05) is 7.11 Å². The third-order valence-corrected chi connectivity index (χ3v) is 7.10. The van der Waals surface area contributed by atoms with Crippen molar-refractivity contribution in [1.29, 1.82) is 5.26 Å². The first-order valence-corrected chi connectivity index (χ1v) is 11.6. The van der Waals surface area contributed by atoms with Crippen molar-refractivity contribution in [3.05, 3.63) is 28.1 Å². The number of aryl methyl sites for hydroxylation is 2. The zero-order chi connectivity index (χ0) is 18.8. The van der Waals surface area contributed by atoms with Gasteiger partial charge in [0.25, 0.3) is 0 Å². The van der Waals surface area contributed by atoms with Gasteiger partial charge in [0.1, 0.15) is 10.9 Å². The van der Waals surface area contributed by atoms with E-state index in [2.05, 4.69) is 32.0 Å². The summed E-state index contributed by atoms with van der Waals surface area (Å²) in [5.41, 5.74) is 2.66. The Bertz CT molecular complexity index is 708. The van der Waals surface area contributed by atoms with E-state index in [9.17, 15) is 5.26 Å². The first-order chi connectivity index (χ1) is 12.7. The van der Waals surface area contributed by atoms with Gasteiger partial charge in [0.05, 0.1) is 7.11 Å². The molecule has 0 saturated carbocycles. The Morgan fingerprint density at radius 3 is 2.12 bits per heavy atom. The fraction of sp³-hybridized carbons (Fsp3) is 0.591. The summed E-state index contributed by atoms with van der Waals surface area (Å²) in [6, 6.07) is 6.73. The molecule has 0 aliphatic heterocycles. The van der Waals surface area contributed by atoms with Crippen LogP contribution >= 0.6 is 22.7 Å². The molecular weight excluding hydrogens is 358 g/mol. The van der Waals surface area contributed by atoms with Gasteiger partial charge < -0.3 is 4.74 Å². The van der Waals surface area contributed by atoms with Gasteiger partial charge in [-0.15, -0.1) is 11.3 Å². The van der Waals surface area contributed by atoms with Gasteiger partial charge in [-0.3, -0.25) is 0 Å². The molecule has 4 heteroatoms. The van der Waals surface area contributed by atoms with Crippen LogP contribution in [0.15, 0.2) is 12.1 Å². The van der Waals surface area contributed by atoms with E-state index < -0.39 is 0 Å². The van der Waals surface area contributed by atoms with Gasteiger partial charge in [0.15, 0.2) is 5.06 Å². The molecule has 2 aromatic rings. The SMILES string of the molecule is CCCCCCc1cc(-c2sc(C#N)cc2CCCCCC)sc1OC. The summed E-state index contributed by atoms with van der Waals surface area (Å²) < 4.78 is 5.65. The van der Waals surface area contributed by atoms with Gasteiger partial charge in [-0.1, -0.05) is 63.7 Å². The molecule has 2 heterocycles. The molecule has 26 heavy (non-hydrogen) atoms. The summed E-state index contributed by atoms with van der Waals surface area (Å²) in [5.74, 6) is 0. The van der Waals surface area contributed by atoms with Crippen LogP contribution in [0, 0.1) is 11.3 Å². The number of nitrogens with zero attached hydrogens (tertiary/aromatic N) is 1. The highest BCUT2D eigenvalue weighted by atomic mass is 32.1. The largest absolute Gasteiger partial charge is 0.487 e. The summed E-state index contributed by atoms with van der Waals surface area (Å²) in [4.78, 5) is 3.37. The van der Waals surface area contributed by atoms with E-state index in [1.165, 1.54) is 72.2 Å². The Kier molecular flexibility index (Phi) is 9.22. The van der Waals surface area contributed by atoms with Gasteiger partial charge in [-0.05, 0) is 43.4 Å². The Morgan fingerprint density at radius 2 is 1.54 bits per heavy atom. The van der Waals surface area contributed by atoms with Crippen LogP contribution in [-0.4, -0.2) is 7.11 Å². The monoisotopic (exact) mass is 389 g/mol. The molecule has 0 aliphatic carbocycles. The van der Waals surface area contributed by atoms with Crippen molar-refractivity contribution in [3.63, 3.8) is 0 Å². The van der Waals surface area contributed by atoms with Crippen LogP contribution in [0.25, 0.3) is 9.75 Å². The minimum Gasteiger partial charge on any atom is -0.487 e. The van der Waals surface area contributed by atoms with E-state index in [-0.39, 0.29) is 0 Å². The average molecular weight is 390 g/mol. The Hall–Kier alpha value is -1.31. The molecule has 0 radical (unpaired) electrons. The lowest BCUT2D eigenvalue weighted by Crippen LogP contribution is -1.88. The highest BCUT2D eigenvalue weighted by Crippen LogP contribution is 2.43. The predicted octanol–water partition coefficient (Wildman–Crippen LogP) is 7.60. The van der Waals surface area contributed by atoms with Crippen LogP contribution < -0.4 is 4.74 Å². The van der Waals surface area contributed by atoms with E-state index in [0.29, 0.717) is 0 Å². The minimum atomic E-state index is 0.822. The molecule has 0 unspecified atom stereocenters. The van der Waals surface area contributed by atoms with Crippen LogP contribution in [0.5, 0.6) is 5.06 Å². The molecule has 0 bridgehead atoms. The fourth-order valence-electron chi connectivity index (χ4n) is 3.23. The van der Waals surface area contributed by atoms with Gasteiger partial charge >= 0.3 is 0 Å². The maximum Gasteiger partial charge on any atom is 0.177 e. The maximum absolute atomic E-state index is 9.34. The van der Waals surface area contributed by atoms with Crippen LogP contribution in [0.4, 0.5) is 0 Å². The van der Waals surface area contributed by atoms with Crippen LogP contribution in [-0.2, 0) is 12.8 Å². The van der Waals surface area contributed by atoms with Gasteiger partial charge in [-0.2, -0.15) is 5.26 Å². The highest BCUT2D eigenvalue weighted by Gasteiger charge is 2.16. The number of hydrogen-bond acceptors (Lipinski definition) is 4. The molecule has 2 aromatic heterocycles. The van der Waals surface area contributed by atoms with Crippen molar-refractivity contribution in [2.45, 2.75) is 78.1 Å². The van der Waals surface area contributed by atoms with E-state index in [1.54, 1.807) is 29.8 Å². The minimum absolute atomic E-state index is 0.822. The Balaban J connectivity index is 2.17. The molecule has 0 aliphatic rings. The Labute approximate surface area is 166 Å². The fourth-order valence-corrected chi connectivity index (χ4v) is 5.40. The second-order valence-corrected chi connectivity index (χ2v) is 8.89. The zero-order valence-electron chi connectivity index (χ0n) is 16.4. The summed E-state index contributed by atoms with van der Waals surface area (Å²) in [7, 11) is 1.77. The molecule has 0 atom stereocenters. The topological polar surface area (TPSA) is 33.0 Å². The summed E-state index contributed by atoms with van der Waals surface area (Å²) >= 11 is 3.37. The number of hydrogen-bond donors (Lipinski definition) is 0. The van der Waals surface area contributed by atoms with E-state index in [4.69, 9.17) is 4.74 Å². The molecule has 0 N–H and O–H groups in total. The zero-order valence-corrected chi connectivity index (χ0v) is 18.0. The Morgan fingerprint density at radius 1 is 0.885 bits per heavy atom. The molecule has 2 rings (SSSR count). The standard InChI is InChI=1S/C22H31NOS2/c1-4-6-8-10-12-17-14-19(16-23)25-21(17)20-15-18(22(24-3)26-20)13-11-9-7-5-2/h14-15H,4-13H2,1-3H3. The normalized spacial score (nSPS) is 10.8. The highest BCUT2D eigenvalue weighted by molar-refractivity contribution is 7.23. The lowest BCUT2D eigenvalue weighted by Gasteiger charge is -2.01. The van der Waals surface area contributed by atoms with Gasteiger partial charge in [0, 0.05) is 15.3 Å². The number of rotatable bonds is 12. The van der Waals surface area contributed by atoms with Crippen molar-refractivity contribution in [1.82, 2.24) is 0 Å². The van der Waals surface area contributed by atoms with Crippen molar-refractivity contribution < 1.29 is 4.74 Å².